The van der Waals surface area contributed by atoms with Crippen LogP contribution in [0.3, 0.4) is 0 Å². The molecule has 4 heteroatoms. The molecule has 0 fully saturated rings. The number of phenols is 1. The number of phenolic OH excluding ortho intramolecular Hbond substituents is 1. The number of benzene rings is 1. The Bertz CT molecular complexity index is 358. The summed E-state index contributed by atoms with van der Waals surface area (Å²) in [5, 5.41) is 12.4. The lowest BCUT2D eigenvalue weighted by Crippen LogP contribution is -2.21. The zero-order valence-corrected chi connectivity index (χ0v) is 11.1. The second kappa shape index (κ2) is 8.06. The summed E-state index contributed by atoms with van der Waals surface area (Å²) in [6.45, 7) is 6.29. The molecule has 0 amide bonds. The van der Waals surface area contributed by atoms with Gasteiger partial charge in [-0.25, -0.2) is 4.39 Å². The van der Waals surface area contributed by atoms with Gasteiger partial charge in [0.05, 0.1) is 0 Å². The monoisotopic (exact) mass is 255 g/mol. The molecule has 1 aromatic rings. The molecule has 0 radical (unpaired) electrons. The van der Waals surface area contributed by atoms with E-state index in [1.807, 2.05) is 6.92 Å². The summed E-state index contributed by atoms with van der Waals surface area (Å²) in [7, 11) is 0. The highest BCUT2D eigenvalue weighted by Crippen LogP contribution is 2.20. The van der Waals surface area contributed by atoms with Gasteiger partial charge in [0.25, 0.3) is 0 Å². The number of nitrogens with one attached hydrogen (secondary N) is 1. The van der Waals surface area contributed by atoms with Gasteiger partial charge in [-0.3, -0.25) is 0 Å². The highest BCUT2D eigenvalue weighted by atomic mass is 19.1. The van der Waals surface area contributed by atoms with Crippen LogP contribution in [0.15, 0.2) is 18.2 Å². The van der Waals surface area contributed by atoms with Gasteiger partial charge in [-0.05, 0) is 32.4 Å². The molecule has 0 saturated carbocycles. The van der Waals surface area contributed by atoms with Crippen LogP contribution in [-0.4, -0.2) is 24.9 Å². The van der Waals surface area contributed by atoms with E-state index in [0.29, 0.717) is 5.56 Å². The molecule has 1 rings (SSSR count). The molecule has 3 nitrogen and oxygen atoms in total. The summed E-state index contributed by atoms with van der Waals surface area (Å²) in [5.74, 6) is -0.423. The van der Waals surface area contributed by atoms with Crippen molar-refractivity contribution in [3.63, 3.8) is 0 Å². The lowest BCUT2D eigenvalue weighted by atomic mass is 10.1. The van der Waals surface area contributed by atoms with Crippen LogP contribution in [0.25, 0.3) is 0 Å². The molecule has 18 heavy (non-hydrogen) atoms. The van der Waals surface area contributed by atoms with Gasteiger partial charge >= 0.3 is 0 Å². The maximum absolute atomic E-state index is 13.6. The number of hydrogen-bond acceptors (Lipinski definition) is 3. The van der Waals surface area contributed by atoms with Crippen molar-refractivity contribution in [2.24, 2.45) is 0 Å². The first-order valence-electron chi connectivity index (χ1n) is 6.44. The highest BCUT2D eigenvalue weighted by Gasteiger charge is 2.10. The largest absolute Gasteiger partial charge is 0.508 e. The average molecular weight is 255 g/mol. The predicted molar refractivity (Wildman–Crippen MR) is 70.2 cm³/mol. The van der Waals surface area contributed by atoms with Gasteiger partial charge in [-0.15, -0.1) is 0 Å². The minimum Gasteiger partial charge on any atom is -0.508 e. The van der Waals surface area contributed by atoms with Crippen LogP contribution in [0.4, 0.5) is 4.39 Å². The molecule has 1 atom stereocenters. The Kier molecular flexibility index (Phi) is 6.68. The second-order valence-corrected chi connectivity index (χ2v) is 4.35. The van der Waals surface area contributed by atoms with E-state index in [2.05, 4.69) is 12.2 Å². The third-order valence-corrected chi connectivity index (χ3v) is 2.71. The molecule has 0 aliphatic heterocycles. The van der Waals surface area contributed by atoms with E-state index in [0.717, 1.165) is 38.7 Å². The number of aromatic hydroxyl groups is 1. The van der Waals surface area contributed by atoms with Crippen LogP contribution in [0.5, 0.6) is 5.75 Å². The third kappa shape index (κ3) is 5.02. The molecule has 0 heterocycles. The number of ether oxygens (including phenoxy) is 1. The van der Waals surface area contributed by atoms with Crippen molar-refractivity contribution in [2.45, 2.75) is 32.7 Å². The molecule has 0 aliphatic rings. The molecule has 0 saturated heterocycles. The molecule has 0 aliphatic carbocycles. The standard InChI is InChI=1S/C14H22FNO2/c1-3-8-18-9-4-7-16-11(2)13-6-5-12(17)10-14(13)15/h5-6,10-11,16-17H,3-4,7-9H2,1-2H3. The Balaban J connectivity index is 2.29. The third-order valence-electron chi connectivity index (χ3n) is 2.71. The minimum atomic E-state index is -0.378. The smallest absolute Gasteiger partial charge is 0.131 e. The van der Waals surface area contributed by atoms with Crippen molar-refractivity contribution in [1.82, 2.24) is 5.32 Å². The van der Waals surface area contributed by atoms with Gasteiger partial charge in [0.1, 0.15) is 11.6 Å². The molecule has 102 valence electrons. The van der Waals surface area contributed by atoms with E-state index < -0.39 is 0 Å². The first-order chi connectivity index (χ1) is 8.65. The summed E-state index contributed by atoms with van der Waals surface area (Å²) in [6.07, 6.45) is 1.94. The van der Waals surface area contributed by atoms with Crippen LogP contribution in [0.2, 0.25) is 0 Å². The molecule has 1 aromatic carbocycles. The molecular formula is C14H22FNO2. The van der Waals surface area contributed by atoms with Gasteiger partial charge in [0.2, 0.25) is 0 Å². The van der Waals surface area contributed by atoms with E-state index in [4.69, 9.17) is 9.84 Å². The van der Waals surface area contributed by atoms with Gasteiger partial charge in [0, 0.05) is 30.9 Å². The van der Waals surface area contributed by atoms with E-state index in [1.165, 1.54) is 6.07 Å². The Morgan fingerprint density at radius 3 is 2.83 bits per heavy atom. The van der Waals surface area contributed by atoms with Crippen LogP contribution >= 0.6 is 0 Å². The zero-order valence-electron chi connectivity index (χ0n) is 11.1. The predicted octanol–water partition coefficient (Wildman–Crippen LogP) is 3.00. The van der Waals surface area contributed by atoms with Gasteiger partial charge in [0.15, 0.2) is 0 Å². The van der Waals surface area contributed by atoms with Crippen LogP contribution in [0.1, 0.15) is 38.3 Å². The van der Waals surface area contributed by atoms with E-state index in [1.54, 1.807) is 6.07 Å². The number of rotatable bonds is 8. The van der Waals surface area contributed by atoms with Crippen molar-refractivity contribution in [3.05, 3.63) is 29.6 Å². The SMILES string of the molecule is CCCOCCCNC(C)c1ccc(O)cc1F. The lowest BCUT2D eigenvalue weighted by Gasteiger charge is -2.15. The molecule has 0 bridgehead atoms. The van der Waals surface area contributed by atoms with Crippen molar-refractivity contribution in [1.29, 1.82) is 0 Å². The average Bonchev–Trinajstić information content (AvgIpc) is 2.33. The molecule has 0 spiro atoms. The van der Waals surface area contributed by atoms with Gasteiger partial charge < -0.3 is 15.2 Å². The van der Waals surface area contributed by atoms with Crippen LogP contribution in [0, 0.1) is 5.82 Å². The van der Waals surface area contributed by atoms with E-state index >= 15 is 0 Å². The number of halogens is 1. The number of hydrogen-bond donors (Lipinski definition) is 2. The van der Waals surface area contributed by atoms with Gasteiger partial charge in [-0.2, -0.15) is 0 Å². The maximum Gasteiger partial charge on any atom is 0.131 e. The highest BCUT2D eigenvalue weighted by molar-refractivity contribution is 5.29. The summed E-state index contributed by atoms with van der Waals surface area (Å²) in [5.41, 5.74) is 0.572. The summed E-state index contributed by atoms with van der Waals surface area (Å²) < 4.78 is 18.9. The Morgan fingerprint density at radius 2 is 2.17 bits per heavy atom. The van der Waals surface area contributed by atoms with E-state index in [-0.39, 0.29) is 17.6 Å². The van der Waals surface area contributed by atoms with Gasteiger partial charge in [-0.1, -0.05) is 13.0 Å². The fraction of sp³-hybridized carbons (Fsp3) is 0.571. The molecular weight excluding hydrogens is 233 g/mol. The topological polar surface area (TPSA) is 41.5 Å². The summed E-state index contributed by atoms with van der Waals surface area (Å²) in [6, 6.07) is 4.17. The van der Waals surface area contributed by atoms with Crippen molar-refractivity contribution in [3.8, 4) is 5.75 Å². The fourth-order valence-corrected chi connectivity index (χ4v) is 1.72. The zero-order chi connectivity index (χ0) is 13.4. The fourth-order valence-electron chi connectivity index (χ4n) is 1.72. The van der Waals surface area contributed by atoms with Crippen LogP contribution < -0.4 is 5.32 Å². The first kappa shape index (κ1) is 14.9. The minimum absolute atomic E-state index is 0.0450. The second-order valence-electron chi connectivity index (χ2n) is 4.35. The Labute approximate surface area is 108 Å². The summed E-state index contributed by atoms with van der Waals surface area (Å²) in [4.78, 5) is 0. The van der Waals surface area contributed by atoms with Crippen molar-refractivity contribution < 1.29 is 14.2 Å². The maximum atomic E-state index is 13.6. The van der Waals surface area contributed by atoms with Crippen molar-refractivity contribution >= 4 is 0 Å². The normalized spacial score (nSPS) is 12.6. The van der Waals surface area contributed by atoms with Crippen molar-refractivity contribution in [2.75, 3.05) is 19.8 Å². The Hall–Kier alpha value is -1.13. The first-order valence-corrected chi connectivity index (χ1v) is 6.44. The Morgan fingerprint density at radius 1 is 1.39 bits per heavy atom. The molecule has 1 unspecified atom stereocenters. The molecule has 2 N–H and O–H groups in total. The van der Waals surface area contributed by atoms with Crippen LogP contribution in [-0.2, 0) is 4.74 Å². The quantitative estimate of drug-likeness (QED) is 0.702. The molecule has 0 aromatic heterocycles. The summed E-state index contributed by atoms with van der Waals surface area (Å²) >= 11 is 0. The lowest BCUT2D eigenvalue weighted by molar-refractivity contribution is 0.131. The van der Waals surface area contributed by atoms with E-state index in [9.17, 15) is 4.39 Å².